The number of benzene rings is 1. The van der Waals surface area contributed by atoms with Gasteiger partial charge in [-0.05, 0) is 36.5 Å². The van der Waals surface area contributed by atoms with E-state index < -0.39 is 0 Å². The lowest BCUT2D eigenvalue weighted by atomic mass is 9.86. The highest BCUT2D eigenvalue weighted by Gasteiger charge is 2.23. The molecule has 0 spiro atoms. The van der Waals surface area contributed by atoms with Gasteiger partial charge in [0, 0.05) is 11.6 Å². The van der Waals surface area contributed by atoms with Crippen LogP contribution in [0.1, 0.15) is 38.2 Å². The Balaban J connectivity index is 1.62. The van der Waals surface area contributed by atoms with Gasteiger partial charge in [0.15, 0.2) is 0 Å². The molecule has 0 bridgehead atoms. The maximum atomic E-state index is 12.2. The van der Waals surface area contributed by atoms with Crippen LogP contribution in [-0.2, 0) is 11.3 Å². The Morgan fingerprint density at radius 2 is 2.09 bits per heavy atom. The van der Waals surface area contributed by atoms with Crippen LogP contribution in [0.25, 0.3) is 11.4 Å². The summed E-state index contributed by atoms with van der Waals surface area (Å²) in [6.07, 6.45) is 4.70. The van der Waals surface area contributed by atoms with E-state index in [0.717, 1.165) is 17.5 Å². The zero-order valence-corrected chi connectivity index (χ0v) is 13.7. The molecule has 6 heteroatoms. The molecule has 1 amide bonds. The van der Waals surface area contributed by atoms with Crippen LogP contribution in [0.3, 0.4) is 0 Å². The van der Waals surface area contributed by atoms with Gasteiger partial charge in [0.25, 0.3) is 0 Å². The third-order valence-corrected chi connectivity index (χ3v) is 4.58. The Kier molecular flexibility index (Phi) is 4.69. The minimum absolute atomic E-state index is 0.0440. The largest absolute Gasteiger partial charge is 0.351 e. The number of nitrogens with zero attached hydrogens (tertiary/aromatic N) is 4. The van der Waals surface area contributed by atoms with Crippen LogP contribution in [0, 0.1) is 12.8 Å². The van der Waals surface area contributed by atoms with Crippen LogP contribution < -0.4 is 5.32 Å². The summed E-state index contributed by atoms with van der Waals surface area (Å²) in [5.41, 5.74) is 2.03. The highest BCUT2D eigenvalue weighted by atomic mass is 16.2. The van der Waals surface area contributed by atoms with Gasteiger partial charge in [-0.15, -0.1) is 10.2 Å². The maximum Gasteiger partial charge on any atom is 0.243 e. The molecular formula is C17H23N5O. The molecule has 6 nitrogen and oxygen atoms in total. The average molecular weight is 313 g/mol. The standard InChI is InChI=1S/C17H23N5O/c1-12-7-3-5-9-14(12)17-19-21-22(20-17)11-16(23)18-15-10-6-4-8-13(15)2/h3,5,7,9,13,15H,4,6,8,10-11H2,1-2H3,(H,18,23)/t13-,15-/m0/s1. The van der Waals surface area contributed by atoms with Crippen molar-refractivity contribution in [2.75, 3.05) is 0 Å². The zero-order valence-electron chi connectivity index (χ0n) is 13.7. The molecule has 1 N–H and O–H groups in total. The van der Waals surface area contributed by atoms with Gasteiger partial charge in [-0.2, -0.15) is 4.80 Å². The molecule has 1 aromatic carbocycles. The molecule has 0 aliphatic heterocycles. The SMILES string of the molecule is Cc1ccccc1-c1nnn(CC(=O)N[C@H]2CCCC[C@@H]2C)n1. The molecule has 0 unspecified atom stereocenters. The summed E-state index contributed by atoms with van der Waals surface area (Å²) in [6.45, 7) is 4.32. The summed E-state index contributed by atoms with van der Waals surface area (Å²) < 4.78 is 0. The molecule has 1 saturated carbocycles. The van der Waals surface area contributed by atoms with E-state index >= 15 is 0 Å². The fraction of sp³-hybridized carbons (Fsp3) is 0.529. The summed E-state index contributed by atoms with van der Waals surface area (Å²) in [5, 5.41) is 15.5. The van der Waals surface area contributed by atoms with Crippen LogP contribution in [0.5, 0.6) is 0 Å². The Hall–Kier alpha value is -2.24. The number of hydrogen-bond donors (Lipinski definition) is 1. The van der Waals surface area contributed by atoms with E-state index in [1.165, 1.54) is 24.1 Å². The first-order chi connectivity index (χ1) is 11.1. The molecular weight excluding hydrogens is 290 g/mol. The summed E-state index contributed by atoms with van der Waals surface area (Å²) in [7, 11) is 0. The van der Waals surface area contributed by atoms with Gasteiger partial charge in [0.05, 0.1) is 0 Å². The number of rotatable bonds is 4. The second kappa shape index (κ2) is 6.89. The number of tetrazole rings is 1. The summed E-state index contributed by atoms with van der Waals surface area (Å²) in [6, 6.07) is 8.16. The lowest BCUT2D eigenvalue weighted by Gasteiger charge is -2.29. The molecule has 1 aromatic heterocycles. The molecule has 23 heavy (non-hydrogen) atoms. The van der Waals surface area contributed by atoms with Crippen LogP contribution in [0.2, 0.25) is 0 Å². The number of hydrogen-bond acceptors (Lipinski definition) is 4. The van der Waals surface area contributed by atoms with E-state index in [1.54, 1.807) is 0 Å². The van der Waals surface area contributed by atoms with Gasteiger partial charge >= 0.3 is 0 Å². The Labute approximate surface area is 136 Å². The average Bonchev–Trinajstić information content (AvgIpc) is 2.98. The minimum Gasteiger partial charge on any atom is -0.351 e. The molecule has 1 heterocycles. The number of aryl methyl sites for hydroxylation is 1. The minimum atomic E-state index is -0.0440. The number of nitrogens with one attached hydrogen (secondary N) is 1. The van der Waals surface area contributed by atoms with Crippen molar-refractivity contribution in [2.45, 2.75) is 52.1 Å². The third-order valence-electron chi connectivity index (χ3n) is 4.58. The molecule has 0 radical (unpaired) electrons. The Morgan fingerprint density at radius 1 is 1.30 bits per heavy atom. The second-order valence-electron chi connectivity index (χ2n) is 6.39. The molecule has 1 aliphatic rings. The van der Waals surface area contributed by atoms with Gasteiger partial charge in [-0.3, -0.25) is 4.79 Å². The van der Waals surface area contributed by atoms with Crippen molar-refractivity contribution >= 4 is 5.91 Å². The van der Waals surface area contributed by atoms with Crippen LogP contribution >= 0.6 is 0 Å². The summed E-state index contributed by atoms with van der Waals surface area (Å²) in [4.78, 5) is 13.6. The van der Waals surface area contributed by atoms with E-state index in [1.807, 2.05) is 31.2 Å². The monoisotopic (exact) mass is 313 g/mol. The molecule has 2 atom stereocenters. The first-order valence-corrected chi connectivity index (χ1v) is 8.26. The molecule has 122 valence electrons. The molecule has 1 fully saturated rings. The normalized spacial score (nSPS) is 21.1. The Bertz CT molecular complexity index is 681. The number of carbonyl (C=O) groups excluding carboxylic acids is 1. The third kappa shape index (κ3) is 3.75. The van der Waals surface area contributed by atoms with Crippen LogP contribution in [0.15, 0.2) is 24.3 Å². The summed E-state index contributed by atoms with van der Waals surface area (Å²) in [5.74, 6) is 1.05. The highest BCUT2D eigenvalue weighted by Crippen LogP contribution is 2.23. The maximum absolute atomic E-state index is 12.2. The van der Waals surface area contributed by atoms with Crippen molar-refractivity contribution in [3.05, 3.63) is 29.8 Å². The van der Waals surface area contributed by atoms with E-state index in [2.05, 4.69) is 27.7 Å². The van der Waals surface area contributed by atoms with Crippen molar-refractivity contribution in [2.24, 2.45) is 5.92 Å². The molecule has 3 rings (SSSR count). The van der Waals surface area contributed by atoms with Gasteiger partial charge in [-0.1, -0.05) is 44.0 Å². The predicted octanol–water partition coefficient (Wildman–Crippen LogP) is 2.34. The zero-order chi connectivity index (χ0) is 16.2. The van der Waals surface area contributed by atoms with Crippen molar-refractivity contribution in [1.82, 2.24) is 25.5 Å². The number of carbonyl (C=O) groups is 1. The van der Waals surface area contributed by atoms with Crippen molar-refractivity contribution in [3.63, 3.8) is 0 Å². The van der Waals surface area contributed by atoms with E-state index in [0.29, 0.717) is 11.7 Å². The van der Waals surface area contributed by atoms with E-state index in [-0.39, 0.29) is 18.5 Å². The lowest BCUT2D eigenvalue weighted by molar-refractivity contribution is -0.123. The van der Waals surface area contributed by atoms with Gasteiger partial charge < -0.3 is 5.32 Å². The highest BCUT2D eigenvalue weighted by molar-refractivity contribution is 5.75. The quantitative estimate of drug-likeness (QED) is 0.940. The topological polar surface area (TPSA) is 72.7 Å². The number of aromatic nitrogens is 4. The smallest absolute Gasteiger partial charge is 0.243 e. The summed E-state index contributed by atoms with van der Waals surface area (Å²) >= 11 is 0. The van der Waals surface area contributed by atoms with Crippen molar-refractivity contribution in [1.29, 1.82) is 0 Å². The molecule has 0 saturated heterocycles. The fourth-order valence-corrected chi connectivity index (χ4v) is 3.15. The molecule has 2 aromatic rings. The fourth-order valence-electron chi connectivity index (χ4n) is 3.15. The van der Waals surface area contributed by atoms with Gasteiger partial charge in [0.2, 0.25) is 11.7 Å². The molecule has 1 aliphatic carbocycles. The van der Waals surface area contributed by atoms with Crippen LogP contribution in [0.4, 0.5) is 0 Å². The van der Waals surface area contributed by atoms with E-state index in [4.69, 9.17) is 0 Å². The van der Waals surface area contributed by atoms with Gasteiger partial charge in [-0.25, -0.2) is 0 Å². The first-order valence-electron chi connectivity index (χ1n) is 8.26. The first kappa shape index (κ1) is 15.6. The number of amides is 1. The lowest BCUT2D eigenvalue weighted by Crippen LogP contribution is -2.42. The Morgan fingerprint density at radius 3 is 2.87 bits per heavy atom. The van der Waals surface area contributed by atoms with Crippen LogP contribution in [-0.4, -0.2) is 32.2 Å². The van der Waals surface area contributed by atoms with Crippen molar-refractivity contribution in [3.8, 4) is 11.4 Å². The van der Waals surface area contributed by atoms with Crippen molar-refractivity contribution < 1.29 is 4.79 Å². The van der Waals surface area contributed by atoms with E-state index in [9.17, 15) is 4.79 Å². The predicted molar refractivity (Wildman–Crippen MR) is 87.6 cm³/mol. The second-order valence-corrected chi connectivity index (χ2v) is 6.39. The van der Waals surface area contributed by atoms with Gasteiger partial charge in [0.1, 0.15) is 6.54 Å².